The van der Waals surface area contributed by atoms with Crippen molar-refractivity contribution in [2.24, 2.45) is 0 Å². The SMILES string of the molecule is CCN(CCC1OCc2ccc(Cl)cc21)C(=O)CCCOc1cccc2c1CN(C1CCC(=O)NC1=O)C2=O. The van der Waals surface area contributed by atoms with Crippen LogP contribution in [0.4, 0.5) is 0 Å². The number of hydrogen-bond donors (Lipinski definition) is 1. The number of fused-ring (bicyclic) bond motifs is 2. The van der Waals surface area contributed by atoms with Crippen molar-refractivity contribution in [2.45, 2.75) is 64.3 Å². The molecule has 2 unspecified atom stereocenters. The second kappa shape index (κ2) is 11.8. The zero-order chi connectivity index (χ0) is 27.5. The number of amides is 4. The maximum absolute atomic E-state index is 13.0. The molecule has 1 N–H and O–H groups in total. The number of ether oxygens (including phenoxy) is 2. The quantitative estimate of drug-likeness (QED) is 0.355. The highest BCUT2D eigenvalue weighted by molar-refractivity contribution is 6.30. The number of benzene rings is 2. The normalized spacial score (nSPS) is 20.1. The van der Waals surface area contributed by atoms with E-state index in [-0.39, 0.29) is 36.8 Å². The van der Waals surface area contributed by atoms with E-state index in [2.05, 4.69) is 5.32 Å². The zero-order valence-electron chi connectivity index (χ0n) is 21.9. The highest BCUT2D eigenvalue weighted by Crippen LogP contribution is 2.35. The third kappa shape index (κ3) is 5.79. The van der Waals surface area contributed by atoms with E-state index in [0.29, 0.717) is 68.3 Å². The van der Waals surface area contributed by atoms with Gasteiger partial charge in [0.25, 0.3) is 5.91 Å². The first kappa shape index (κ1) is 27.1. The van der Waals surface area contributed by atoms with Crippen LogP contribution in [0.1, 0.15) is 72.2 Å². The van der Waals surface area contributed by atoms with Crippen molar-refractivity contribution < 1.29 is 28.7 Å². The van der Waals surface area contributed by atoms with Crippen LogP contribution in [0.5, 0.6) is 5.75 Å². The summed E-state index contributed by atoms with van der Waals surface area (Å²) in [5.41, 5.74) is 3.47. The number of hydrogen-bond acceptors (Lipinski definition) is 6. The second-order valence-electron chi connectivity index (χ2n) is 10.0. The Hall–Kier alpha value is -3.43. The highest BCUT2D eigenvalue weighted by atomic mass is 35.5. The van der Waals surface area contributed by atoms with E-state index in [1.165, 1.54) is 4.90 Å². The molecule has 2 aromatic rings. The number of nitrogens with zero attached hydrogens (tertiary/aromatic N) is 2. The van der Waals surface area contributed by atoms with E-state index in [1.54, 1.807) is 18.2 Å². The molecule has 1 saturated heterocycles. The molecule has 0 spiro atoms. The van der Waals surface area contributed by atoms with Crippen molar-refractivity contribution in [1.82, 2.24) is 15.1 Å². The van der Waals surface area contributed by atoms with Gasteiger partial charge >= 0.3 is 0 Å². The van der Waals surface area contributed by atoms with Gasteiger partial charge in [-0.2, -0.15) is 0 Å². The van der Waals surface area contributed by atoms with Crippen LogP contribution < -0.4 is 10.1 Å². The predicted octanol–water partition coefficient (Wildman–Crippen LogP) is 3.77. The largest absolute Gasteiger partial charge is 0.493 e. The number of imide groups is 1. The molecule has 0 aromatic heterocycles. The van der Waals surface area contributed by atoms with Crippen LogP contribution in [-0.2, 0) is 32.3 Å². The maximum Gasteiger partial charge on any atom is 0.255 e. The summed E-state index contributed by atoms with van der Waals surface area (Å²) < 4.78 is 11.9. The fraction of sp³-hybridized carbons (Fsp3) is 0.448. The first-order chi connectivity index (χ1) is 18.9. The maximum atomic E-state index is 13.0. The fourth-order valence-electron chi connectivity index (χ4n) is 5.50. The summed E-state index contributed by atoms with van der Waals surface area (Å²) in [5, 5.41) is 3.00. The molecule has 4 amide bonds. The summed E-state index contributed by atoms with van der Waals surface area (Å²) in [7, 11) is 0. The number of rotatable bonds is 10. The molecule has 10 heteroatoms. The van der Waals surface area contributed by atoms with E-state index in [9.17, 15) is 19.2 Å². The molecule has 0 aliphatic carbocycles. The van der Waals surface area contributed by atoms with Gasteiger partial charge in [0.15, 0.2) is 0 Å². The molecule has 5 rings (SSSR count). The van der Waals surface area contributed by atoms with Gasteiger partial charge in [-0.15, -0.1) is 0 Å². The van der Waals surface area contributed by atoms with Crippen molar-refractivity contribution in [3.63, 3.8) is 0 Å². The Bertz CT molecular complexity index is 1300. The third-order valence-electron chi connectivity index (χ3n) is 7.62. The summed E-state index contributed by atoms with van der Waals surface area (Å²) in [5.74, 6) is -0.368. The minimum absolute atomic E-state index is 0.0583. The number of piperidine rings is 1. The molecular weight excluding hydrogens is 522 g/mol. The molecule has 39 heavy (non-hydrogen) atoms. The van der Waals surface area contributed by atoms with E-state index in [4.69, 9.17) is 21.1 Å². The Morgan fingerprint density at radius 3 is 2.87 bits per heavy atom. The summed E-state index contributed by atoms with van der Waals surface area (Å²) in [6, 6.07) is 10.4. The van der Waals surface area contributed by atoms with Crippen LogP contribution in [0.25, 0.3) is 0 Å². The molecule has 0 saturated carbocycles. The molecule has 2 aromatic carbocycles. The molecule has 3 heterocycles. The van der Waals surface area contributed by atoms with Crippen LogP contribution in [0.3, 0.4) is 0 Å². The van der Waals surface area contributed by atoms with Crippen LogP contribution in [0.2, 0.25) is 5.02 Å². The van der Waals surface area contributed by atoms with E-state index < -0.39 is 11.9 Å². The van der Waals surface area contributed by atoms with Gasteiger partial charge in [0.1, 0.15) is 11.8 Å². The lowest BCUT2D eigenvalue weighted by Gasteiger charge is -2.29. The van der Waals surface area contributed by atoms with Crippen LogP contribution in [0, 0.1) is 0 Å². The Labute approximate surface area is 232 Å². The van der Waals surface area contributed by atoms with Gasteiger partial charge < -0.3 is 19.3 Å². The molecule has 3 aliphatic heterocycles. The molecule has 1 fully saturated rings. The number of halogens is 1. The topological polar surface area (TPSA) is 105 Å². The minimum atomic E-state index is -0.673. The van der Waals surface area contributed by atoms with Gasteiger partial charge in [-0.3, -0.25) is 24.5 Å². The Balaban J connectivity index is 1.11. The first-order valence-corrected chi connectivity index (χ1v) is 13.8. The van der Waals surface area contributed by atoms with Crippen molar-refractivity contribution in [3.05, 3.63) is 63.7 Å². The Kier molecular flexibility index (Phi) is 8.18. The van der Waals surface area contributed by atoms with Crippen molar-refractivity contribution in [2.75, 3.05) is 19.7 Å². The molecule has 2 atom stereocenters. The van der Waals surface area contributed by atoms with Gasteiger partial charge in [-0.05, 0) is 61.6 Å². The van der Waals surface area contributed by atoms with Gasteiger partial charge in [-0.25, -0.2) is 0 Å². The summed E-state index contributed by atoms with van der Waals surface area (Å²) >= 11 is 6.16. The molecule has 206 valence electrons. The fourth-order valence-corrected chi connectivity index (χ4v) is 5.68. The van der Waals surface area contributed by atoms with Gasteiger partial charge in [0.05, 0.1) is 25.9 Å². The van der Waals surface area contributed by atoms with Crippen molar-refractivity contribution in [3.8, 4) is 5.75 Å². The van der Waals surface area contributed by atoms with Crippen LogP contribution in [-0.4, -0.2) is 59.2 Å². The van der Waals surface area contributed by atoms with Gasteiger partial charge in [0.2, 0.25) is 17.7 Å². The third-order valence-corrected chi connectivity index (χ3v) is 7.86. The number of carbonyl (C=O) groups is 4. The summed E-state index contributed by atoms with van der Waals surface area (Å²) in [6.07, 6.45) is 2.03. The average Bonchev–Trinajstić information content (AvgIpc) is 3.47. The molecule has 3 aliphatic rings. The lowest BCUT2D eigenvalue weighted by Crippen LogP contribution is -2.52. The van der Waals surface area contributed by atoms with Gasteiger partial charge in [-0.1, -0.05) is 23.7 Å². The Morgan fingerprint density at radius 2 is 2.08 bits per heavy atom. The average molecular weight is 554 g/mol. The summed E-state index contributed by atoms with van der Waals surface area (Å²) in [4.78, 5) is 53.0. The first-order valence-electron chi connectivity index (χ1n) is 13.4. The van der Waals surface area contributed by atoms with Crippen LogP contribution >= 0.6 is 11.6 Å². The highest BCUT2D eigenvalue weighted by Gasteiger charge is 2.40. The monoisotopic (exact) mass is 553 g/mol. The predicted molar refractivity (Wildman–Crippen MR) is 143 cm³/mol. The number of nitrogens with one attached hydrogen (secondary N) is 1. The molecule has 0 bridgehead atoms. The molecule has 9 nitrogen and oxygen atoms in total. The smallest absolute Gasteiger partial charge is 0.255 e. The van der Waals surface area contributed by atoms with E-state index in [1.807, 2.05) is 30.0 Å². The lowest BCUT2D eigenvalue weighted by molar-refractivity contribution is -0.137. The zero-order valence-corrected chi connectivity index (χ0v) is 22.7. The van der Waals surface area contributed by atoms with Crippen molar-refractivity contribution in [1.29, 1.82) is 0 Å². The number of carbonyl (C=O) groups excluding carboxylic acids is 4. The van der Waals surface area contributed by atoms with Gasteiger partial charge in [0, 0.05) is 42.1 Å². The van der Waals surface area contributed by atoms with Crippen molar-refractivity contribution >= 4 is 35.2 Å². The standard InChI is InChI=1S/C29H32ClN3O6/c1-2-32(13-12-25-21-15-19(30)9-8-18(21)17-39-25)27(35)7-4-14-38-24-6-3-5-20-22(24)16-33(29(20)37)23-10-11-26(34)31-28(23)36/h3,5-6,8-9,15,23,25H,2,4,7,10-14,16-17H2,1H3,(H,31,34,36). The molecule has 0 radical (unpaired) electrons. The van der Waals surface area contributed by atoms with E-state index >= 15 is 0 Å². The van der Waals surface area contributed by atoms with Crippen LogP contribution in [0.15, 0.2) is 36.4 Å². The van der Waals surface area contributed by atoms with E-state index in [0.717, 1.165) is 16.7 Å². The Morgan fingerprint density at radius 1 is 1.23 bits per heavy atom. The summed E-state index contributed by atoms with van der Waals surface area (Å²) in [6.45, 7) is 4.30. The molecular formula is C29H32ClN3O6. The second-order valence-corrected chi connectivity index (χ2v) is 10.5. The minimum Gasteiger partial charge on any atom is -0.493 e. The lowest BCUT2D eigenvalue weighted by atomic mass is 10.0.